The number of benzene rings is 2. The van der Waals surface area contributed by atoms with Gasteiger partial charge in [-0.3, -0.25) is 9.59 Å². The van der Waals surface area contributed by atoms with Crippen molar-refractivity contribution in [1.29, 1.82) is 0 Å². The fourth-order valence-corrected chi connectivity index (χ4v) is 2.64. The summed E-state index contributed by atoms with van der Waals surface area (Å²) in [5, 5.41) is 0.528. The number of aromatic amines is 1. The number of para-hydroxylation sites is 1. The Labute approximate surface area is 155 Å². The monoisotopic (exact) mass is 368 g/mol. The Balaban J connectivity index is 1.88. The van der Waals surface area contributed by atoms with Gasteiger partial charge in [0.2, 0.25) is 0 Å². The maximum absolute atomic E-state index is 12.3. The topological polar surface area (TPSA) is 90.5 Å². The molecule has 7 heteroatoms. The van der Waals surface area contributed by atoms with Crippen LogP contribution in [-0.4, -0.2) is 36.3 Å². The van der Waals surface area contributed by atoms with E-state index in [0.717, 1.165) is 0 Å². The quantitative estimate of drug-likeness (QED) is 0.645. The van der Waals surface area contributed by atoms with Crippen LogP contribution in [0, 0.1) is 0 Å². The van der Waals surface area contributed by atoms with Gasteiger partial charge in [0.25, 0.3) is 5.56 Å². The first-order valence-corrected chi connectivity index (χ1v) is 8.58. The van der Waals surface area contributed by atoms with Gasteiger partial charge in [-0.15, -0.1) is 0 Å². The third-order valence-electron chi connectivity index (χ3n) is 3.92. The molecule has 0 unspecified atom stereocenters. The largest absolute Gasteiger partial charge is 0.493 e. The molecule has 0 fully saturated rings. The molecule has 1 N–H and O–H groups in total. The molecular weight excluding hydrogens is 348 g/mol. The van der Waals surface area contributed by atoms with Crippen molar-refractivity contribution in [2.45, 2.75) is 13.3 Å². The second kappa shape index (κ2) is 8.35. The summed E-state index contributed by atoms with van der Waals surface area (Å²) in [5.74, 6) is 1.07. The molecule has 0 saturated carbocycles. The van der Waals surface area contributed by atoms with Crippen molar-refractivity contribution < 1.29 is 19.0 Å². The fraction of sp³-hybridized carbons (Fsp3) is 0.250. The minimum absolute atomic E-state index is 0.131. The number of carbonyl (C=O) groups is 1. The van der Waals surface area contributed by atoms with Gasteiger partial charge in [0, 0.05) is 5.56 Å². The molecule has 1 heterocycles. The van der Waals surface area contributed by atoms with Crippen LogP contribution in [-0.2, 0) is 9.53 Å². The molecular formula is C20H20N2O5. The van der Waals surface area contributed by atoms with Crippen molar-refractivity contribution in [3.8, 4) is 22.9 Å². The van der Waals surface area contributed by atoms with E-state index in [9.17, 15) is 9.59 Å². The maximum atomic E-state index is 12.3. The molecule has 0 aliphatic carbocycles. The normalized spacial score (nSPS) is 10.6. The number of ether oxygens (including phenoxy) is 3. The van der Waals surface area contributed by atoms with Gasteiger partial charge in [0.05, 0.1) is 37.6 Å². The van der Waals surface area contributed by atoms with E-state index in [2.05, 4.69) is 9.97 Å². The molecule has 140 valence electrons. The van der Waals surface area contributed by atoms with Gasteiger partial charge in [-0.05, 0) is 37.3 Å². The summed E-state index contributed by atoms with van der Waals surface area (Å²) in [6.45, 7) is 2.24. The van der Waals surface area contributed by atoms with Crippen molar-refractivity contribution in [3.05, 3.63) is 52.8 Å². The van der Waals surface area contributed by atoms with Crippen LogP contribution in [0.25, 0.3) is 22.3 Å². The Morgan fingerprint density at radius 2 is 1.96 bits per heavy atom. The molecule has 2 aromatic carbocycles. The van der Waals surface area contributed by atoms with E-state index in [1.165, 1.54) is 7.11 Å². The van der Waals surface area contributed by atoms with Gasteiger partial charge in [0.1, 0.15) is 5.82 Å². The van der Waals surface area contributed by atoms with E-state index >= 15 is 0 Å². The van der Waals surface area contributed by atoms with Gasteiger partial charge in [-0.2, -0.15) is 0 Å². The number of hydrogen-bond acceptors (Lipinski definition) is 6. The molecule has 0 bridgehead atoms. The van der Waals surface area contributed by atoms with E-state index in [4.69, 9.17) is 14.2 Å². The van der Waals surface area contributed by atoms with Crippen LogP contribution in [0.1, 0.15) is 13.3 Å². The predicted molar refractivity (Wildman–Crippen MR) is 101 cm³/mol. The van der Waals surface area contributed by atoms with E-state index in [0.29, 0.717) is 40.4 Å². The highest BCUT2D eigenvalue weighted by atomic mass is 16.5. The highest BCUT2D eigenvalue weighted by Gasteiger charge is 2.11. The number of H-pyrrole nitrogens is 1. The van der Waals surface area contributed by atoms with E-state index in [1.807, 2.05) is 6.07 Å². The molecule has 0 radical (unpaired) electrons. The number of rotatable bonds is 7. The summed E-state index contributed by atoms with van der Waals surface area (Å²) < 4.78 is 15.9. The van der Waals surface area contributed by atoms with Crippen molar-refractivity contribution in [2.75, 3.05) is 20.3 Å². The van der Waals surface area contributed by atoms with E-state index < -0.39 is 0 Å². The number of methoxy groups -OCH3 is 1. The Bertz CT molecular complexity index is 1010. The lowest BCUT2D eigenvalue weighted by Crippen LogP contribution is -2.10. The Morgan fingerprint density at radius 1 is 1.15 bits per heavy atom. The summed E-state index contributed by atoms with van der Waals surface area (Å²) in [7, 11) is 1.53. The van der Waals surface area contributed by atoms with Gasteiger partial charge in [0.15, 0.2) is 11.5 Å². The van der Waals surface area contributed by atoms with Crippen LogP contribution in [0.2, 0.25) is 0 Å². The number of hydrogen-bond donors (Lipinski definition) is 1. The maximum Gasteiger partial charge on any atom is 0.309 e. The average Bonchev–Trinajstić information content (AvgIpc) is 2.68. The first-order chi connectivity index (χ1) is 13.1. The fourth-order valence-electron chi connectivity index (χ4n) is 2.64. The molecule has 0 saturated heterocycles. The lowest BCUT2D eigenvalue weighted by atomic mass is 10.1. The molecule has 3 aromatic rings. The lowest BCUT2D eigenvalue weighted by Gasteiger charge is -2.12. The highest BCUT2D eigenvalue weighted by molar-refractivity contribution is 5.79. The van der Waals surface area contributed by atoms with Gasteiger partial charge in [-0.1, -0.05) is 12.1 Å². The smallest absolute Gasteiger partial charge is 0.309 e. The van der Waals surface area contributed by atoms with E-state index in [1.54, 1.807) is 43.3 Å². The minimum atomic E-state index is -0.326. The van der Waals surface area contributed by atoms with Gasteiger partial charge in [-0.25, -0.2) is 4.98 Å². The second-order valence-corrected chi connectivity index (χ2v) is 5.70. The summed E-state index contributed by atoms with van der Waals surface area (Å²) in [6.07, 6.45) is 0.131. The number of fused-ring (bicyclic) bond motifs is 1. The Kier molecular flexibility index (Phi) is 5.71. The van der Waals surface area contributed by atoms with Crippen LogP contribution in [0.5, 0.6) is 11.5 Å². The number of nitrogens with one attached hydrogen (secondary N) is 1. The molecule has 7 nitrogen and oxygen atoms in total. The molecule has 1 aromatic heterocycles. The zero-order valence-electron chi connectivity index (χ0n) is 15.2. The number of carbonyl (C=O) groups excluding carboxylic acids is 1. The Hall–Kier alpha value is -3.35. The summed E-state index contributed by atoms with van der Waals surface area (Å²) in [5.41, 5.74) is 1.07. The van der Waals surface area contributed by atoms with Crippen LogP contribution < -0.4 is 15.0 Å². The molecule has 27 heavy (non-hydrogen) atoms. The SMILES string of the molecule is CCOC(=O)CCOc1cc(-c2nc3ccccc3c(=O)[nH]2)ccc1OC. The standard InChI is InChI=1S/C20H20N2O5/c1-3-26-18(23)10-11-27-17-12-13(8-9-16(17)25-2)19-21-15-7-5-4-6-14(15)20(24)22-19/h4-9,12H,3,10-11H2,1-2H3,(H,21,22,24). The molecule has 0 aliphatic rings. The number of aromatic nitrogens is 2. The highest BCUT2D eigenvalue weighted by Crippen LogP contribution is 2.31. The first-order valence-electron chi connectivity index (χ1n) is 8.58. The molecule has 0 atom stereocenters. The zero-order valence-corrected chi connectivity index (χ0v) is 15.2. The zero-order chi connectivity index (χ0) is 19.2. The Morgan fingerprint density at radius 3 is 2.74 bits per heavy atom. The summed E-state index contributed by atoms with van der Waals surface area (Å²) in [6, 6.07) is 12.4. The second-order valence-electron chi connectivity index (χ2n) is 5.70. The van der Waals surface area contributed by atoms with Crippen molar-refractivity contribution in [3.63, 3.8) is 0 Å². The lowest BCUT2D eigenvalue weighted by molar-refractivity contribution is -0.143. The van der Waals surface area contributed by atoms with Crippen molar-refractivity contribution in [1.82, 2.24) is 9.97 Å². The van der Waals surface area contributed by atoms with E-state index in [-0.39, 0.29) is 24.6 Å². The van der Waals surface area contributed by atoms with Crippen molar-refractivity contribution >= 4 is 16.9 Å². The average molecular weight is 368 g/mol. The minimum Gasteiger partial charge on any atom is -0.493 e. The van der Waals surface area contributed by atoms with Crippen LogP contribution in [0.15, 0.2) is 47.3 Å². The van der Waals surface area contributed by atoms with Crippen LogP contribution in [0.4, 0.5) is 0 Å². The third-order valence-corrected chi connectivity index (χ3v) is 3.92. The number of nitrogens with zero attached hydrogens (tertiary/aromatic N) is 1. The number of esters is 1. The molecule has 3 rings (SSSR count). The van der Waals surface area contributed by atoms with Crippen molar-refractivity contribution in [2.24, 2.45) is 0 Å². The predicted octanol–water partition coefficient (Wildman–Crippen LogP) is 2.93. The molecule has 0 aliphatic heterocycles. The molecule has 0 amide bonds. The van der Waals surface area contributed by atoms with Gasteiger partial charge < -0.3 is 19.2 Å². The first kappa shape index (κ1) is 18.4. The third kappa shape index (κ3) is 4.25. The molecule has 0 spiro atoms. The summed E-state index contributed by atoms with van der Waals surface area (Å²) in [4.78, 5) is 31.0. The van der Waals surface area contributed by atoms with Crippen LogP contribution >= 0.6 is 0 Å². The van der Waals surface area contributed by atoms with Gasteiger partial charge >= 0.3 is 5.97 Å². The van der Waals surface area contributed by atoms with Crippen LogP contribution in [0.3, 0.4) is 0 Å². The summed E-state index contributed by atoms with van der Waals surface area (Å²) >= 11 is 0.